The van der Waals surface area contributed by atoms with E-state index in [0.717, 1.165) is 59.9 Å². The Hall–Kier alpha value is -3.84. The molecule has 0 radical (unpaired) electrons. The third-order valence-electron chi connectivity index (χ3n) is 6.49. The molecular weight excluding hydrogens is 466 g/mol. The molecule has 1 saturated heterocycles. The molecule has 3 aromatic rings. The number of likely N-dealkylation sites (N-methyl/N-ethyl adjacent to an activating group) is 1. The molecule has 3 aromatic carbocycles. The van der Waals surface area contributed by atoms with Crippen molar-refractivity contribution < 1.29 is 19.1 Å². The number of amides is 1. The normalized spacial score (nSPS) is 14.4. The van der Waals surface area contributed by atoms with Crippen LogP contribution in [0.1, 0.15) is 22.3 Å². The SMILES string of the molecule is COc1ccc(CON=C(Cc2ccccc2)c2ccc(OCC(=O)N3CCN(C)CC3)c(C)c2)cc1. The van der Waals surface area contributed by atoms with Gasteiger partial charge in [0.25, 0.3) is 5.91 Å². The molecule has 0 atom stereocenters. The summed E-state index contributed by atoms with van der Waals surface area (Å²) in [4.78, 5) is 22.4. The third kappa shape index (κ3) is 7.57. The number of rotatable bonds is 10. The second-order valence-corrected chi connectivity index (χ2v) is 9.27. The third-order valence-corrected chi connectivity index (χ3v) is 6.49. The molecule has 1 amide bonds. The van der Waals surface area contributed by atoms with Crippen molar-refractivity contribution in [1.29, 1.82) is 0 Å². The Morgan fingerprint density at radius 1 is 0.919 bits per heavy atom. The van der Waals surface area contributed by atoms with Crippen molar-refractivity contribution in [3.63, 3.8) is 0 Å². The van der Waals surface area contributed by atoms with Gasteiger partial charge in [-0.15, -0.1) is 0 Å². The summed E-state index contributed by atoms with van der Waals surface area (Å²) in [6.07, 6.45) is 0.630. The lowest BCUT2D eigenvalue weighted by atomic mass is 10.0. The van der Waals surface area contributed by atoms with Crippen molar-refractivity contribution in [2.75, 3.05) is 46.9 Å². The zero-order chi connectivity index (χ0) is 26.0. The first-order chi connectivity index (χ1) is 18.0. The molecule has 1 fully saturated rings. The highest BCUT2D eigenvalue weighted by Gasteiger charge is 2.19. The van der Waals surface area contributed by atoms with Gasteiger partial charge in [0.2, 0.25) is 0 Å². The number of ether oxygens (including phenoxy) is 2. The van der Waals surface area contributed by atoms with Crippen LogP contribution in [0, 0.1) is 6.92 Å². The van der Waals surface area contributed by atoms with Gasteiger partial charge in [-0.2, -0.15) is 0 Å². The molecule has 0 saturated carbocycles. The van der Waals surface area contributed by atoms with E-state index in [1.54, 1.807) is 7.11 Å². The standard InChI is InChI=1S/C30H35N3O4/c1-23-19-26(11-14-29(23)36-22-30(34)33-17-15-32(2)16-18-33)28(20-24-7-5-4-6-8-24)31-37-21-25-9-12-27(35-3)13-10-25/h4-14,19H,15-18,20-22H2,1-3H3. The molecule has 0 aliphatic carbocycles. The summed E-state index contributed by atoms with van der Waals surface area (Å²) < 4.78 is 11.1. The minimum Gasteiger partial charge on any atom is -0.497 e. The largest absolute Gasteiger partial charge is 0.497 e. The Balaban J connectivity index is 1.44. The number of aryl methyl sites for hydroxylation is 1. The average Bonchev–Trinajstić information content (AvgIpc) is 2.93. The molecule has 1 aliphatic heterocycles. The van der Waals surface area contributed by atoms with Crippen LogP contribution in [0.4, 0.5) is 0 Å². The van der Waals surface area contributed by atoms with E-state index in [9.17, 15) is 4.79 Å². The first-order valence-electron chi connectivity index (χ1n) is 12.6. The van der Waals surface area contributed by atoms with Gasteiger partial charge in [0, 0.05) is 38.2 Å². The summed E-state index contributed by atoms with van der Waals surface area (Å²) >= 11 is 0. The molecule has 4 rings (SSSR count). The van der Waals surface area contributed by atoms with Gasteiger partial charge in [-0.25, -0.2) is 0 Å². The summed E-state index contributed by atoms with van der Waals surface area (Å²) in [6, 6.07) is 23.8. The van der Waals surface area contributed by atoms with Crippen LogP contribution in [-0.4, -0.2) is 68.4 Å². The minimum absolute atomic E-state index is 0.0230. The van der Waals surface area contributed by atoms with Crippen LogP contribution in [0.25, 0.3) is 0 Å². The van der Waals surface area contributed by atoms with E-state index < -0.39 is 0 Å². The summed E-state index contributed by atoms with van der Waals surface area (Å²) in [7, 11) is 3.72. The molecule has 0 spiro atoms. The van der Waals surface area contributed by atoms with E-state index in [2.05, 4.69) is 29.2 Å². The fraction of sp³-hybridized carbons (Fsp3) is 0.333. The van der Waals surface area contributed by atoms with Crippen LogP contribution in [0.2, 0.25) is 0 Å². The zero-order valence-electron chi connectivity index (χ0n) is 21.9. The van der Waals surface area contributed by atoms with Crippen molar-refractivity contribution in [3.8, 4) is 11.5 Å². The fourth-order valence-corrected chi connectivity index (χ4v) is 4.16. The number of hydrogen-bond donors (Lipinski definition) is 0. The van der Waals surface area contributed by atoms with E-state index in [4.69, 9.17) is 14.3 Å². The molecule has 194 valence electrons. The molecule has 37 heavy (non-hydrogen) atoms. The van der Waals surface area contributed by atoms with Gasteiger partial charge in [0.15, 0.2) is 6.61 Å². The highest BCUT2D eigenvalue weighted by molar-refractivity contribution is 6.01. The van der Waals surface area contributed by atoms with Crippen molar-refractivity contribution >= 4 is 11.6 Å². The number of benzene rings is 3. The number of methoxy groups -OCH3 is 1. The van der Waals surface area contributed by atoms with Crippen LogP contribution in [0.3, 0.4) is 0 Å². The van der Waals surface area contributed by atoms with Gasteiger partial charge in [-0.3, -0.25) is 4.79 Å². The van der Waals surface area contributed by atoms with E-state index in [1.807, 2.05) is 72.5 Å². The molecule has 0 aromatic heterocycles. The van der Waals surface area contributed by atoms with Gasteiger partial charge >= 0.3 is 0 Å². The lowest BCUT2D eigenvalue weighted by molar-refractivity contribution is -0.134. The topological polar surface area (TPSA) is 63.6 Å². The molecule has 7 nitrogen and oxygen atoms in total. The van der Waals surface area contributed by atoms with Gasteiger partial charge in [0.05, 0.1) is 12.8 Å². The molecule has 0 bridgehead atoms. The number of carbonyl (C=O) groups is 1. The first kappa shape index (κ1) is 26.2. The summed E-state index contributed by atoms with van der Waals surface area (Å²) in [5.74, 6) is 1.53. The summed E-state index contributed by atoms with van der Waals surface area (Å²) in [6.45, 7) is 5.65. The molecule has 7 heteroatoms. The van der Waals surface area contributed by atoms with Crippen molar-refractivity contribution in [1.82, 2.24) is 9.80 Å². The van der Waals surface area contributed by atoms with Crippen LogP contribution >= 0.6 is 0 Å². The van der Waals surface area contributed by atoms with E-state index in [1.165, 1.54) is 0 Å². The second kappa shape index (κ2) is 12.9. The highest BCUT2D eigenvalue weighted by atomic mass is 16.6. The van der Waals surface area contributed by atoms with Gasteiger partial charge < -0.3 is 24.1 Å². The number of nitrogens with zero attached hydrogens (tertiary/aromatic N) is 3. The Morgan fingerprint density at radius 3 is 2.32 bits per heavy atom. The molecular formula is C30H35N3O4. The Kier molecular flexibility index (Phi) is 9.16. The maximum absolute atomic E-state index is 12.6. The van der Waals surface area contributed by atoms with Crippen molar-refractivity contribution in [2.24, 2.45) is 5.16 Å². The van der Waals surface area contributed by atoms with Gasteiger partial charge in [-0.1, -0.05) is 47.6 Å². The number of hydrogen-bond acceptors (Lipinski definition) is 6. The van der Waals surface area contributed by atoms with Crippen LogP contribution in [0.15, 0.2) is 78.0 Å². The lowest BCUT2D eigenvalue weighted by Crippen LogP contribution is -2.48. The maximum atomic E-state index is 12.6. The quantitative estimate of drug-likeness (QED) is 0.306. The fourth-order valence-electron chi connectivity index (χ4n) is 4.16. The Morgan fingerprint density at radius 2 is 1.65 bits per heavy atom. The van der Waals surface area contributed by atoms with Crippen molar-refractivity contribution in [3.05, 3.63) is 95.1 Å². The lowest BCUT2D eigenvalue weighted by Gasteiger charge is -2.32. The van der Waals surface area contributed by atoms with Crippen LogP contribution in [-0.2, 0) is 22.7 Å². The zero-order valence-corrected chi connectivity index (χ0v) is 21.9. The predicted octanol–water partition coefficient (Wildman–Crippen LogP) is 4.32. The van der Waals surface area contributed by atoms with Crippen LogP contribution in [0.5, 0.6) is 11.5 Å². The number of carbonyl (C=O) groups excluding carboxylic acids is 1. The Bertz CT molecular complexity index is 1190. The molecule has 1 heterocycles. The van der Waals surface area contributed by atoms with E-state index in [0.29, 0.717) is 18.8 Å². The maximum Gasteiger partial charge on any atom is 0.260 e. The minimum atomic E-state index is 0.0230. The van der Waals surface area contributed by atoms with Crippen LogP contribution < -0.4 is 9.47 Å². The van der Waals surface area contributed by atoms with Gasteiger partial charge in [-0.05, 0) is 61.0 Å². The Labute approximate surface area is 219 Å². The molecule has 0 unspecified atom stereocenters. The predicted molar refractivity (Wildman–Crippen MR) is 145 cm³/mol. The molecule has 0 N–H and O–H groups in total. The molecule has 1 aliphatic rings. The highest BCUT2D eigenvalue weighted by Crippen LogP contribution is 2.21. The smallest absolute Gasteiger partial charge is 0.260 e. The number of piperazine rings is 1. The summed E-state index contributed by atoms with van der Waals surface area (Å²) in [5.41, 5.74) is 4.87. The van der Waals surface area contributed by atoms with Crippen molar-refractivity contribution in [2.45, 2.75) is 20.0 Å². The monoisotopic (exact) mass is 501 g/mol. The first-order valence-corrected chi connectivity index (χ1v) is 12.6. The average molecular weight is 502 g/mol. The summed E-state index contributed by atoms with van der Waals surface area (Å²) in [5, 5.41) is 4.52. The second-order valence-electron chi connectivity index (χ2n) is 9.27. The number of oxime groups is 1. The van der Waals surface area contributed by atoms with E-state index in [-0.39, 0.29) is 12.5 Å². The van der Waals surface area contributed by atoms with E-state index >= 15 is 0 Å². The van der Waals surface area contributed by atoms with Gasteiger partial charge in [0.1, 0.15) is 18.1 Å².